The molecule has 3 aliphatic heterocycles. The average molecular weight is 471 g/mol. The number of piperazine rings is 1. The molecule has 10 heteroatoms. The van der Waals surface area contributed by atoms with Crippen LogP contribution in [0.2, 0.25) is 0 Å². The van der Waals surface area contributed by atoms with Crippen LogP contribution in [0.25, 0.3) is 0 Å². The Hall–Kier alpha value is -3.11. The predicted octanol–water partition coefficient (Wildman–Crippen LogP) is 1.52. The largest absolute Gasteiger partial charge is 0.482 e. The summed E-state index contributed by atoms with van der Waals surface area (Å²) < 4.78 is 33.5. The van der Waals surface area contributed by atoms with Gasteiger partial charge in [0.15, 0.2) is 6.61 Å². The Morgan fingerprint density at radius 3 is 2.52 bits per heavy atom. The van der Waals surface area contributed by atoms with E-state index in [0.29, 0.717) is 57.0 Å². The van der Waals surface area contributed by atoms with Gasteiger partial charge in [-0.05, 0) is 43.2 Å². The monoisotopic (exact) mass is 470 g/mol. The molecular weight excluding hydrogens is 444 g/mol. The Morgan fingerprint density at radius 1 is 1.00 bits per heavy atom. The molecule has 0 spiro atoms. The lowest BCUT2D eigenvalue weighted by Gasteiger charge is -2.38. The van der Waals surface area contributed by atoms with Crippen LogP contribution in [0.1, 0.15) is 12.8 Å². The third-order valence-electron chi connectivity index (χ3n) is 6.39. The van der Waals surface area contributed by atoms with Crippen LogP contribution in [-0.2, 0) is 19.6 Å². The number of nitrogens with one attached hydrogen (secondary N) is 1. The molecule has 1 N–H and O–H groups in total. The third kappa shape index (κ3) is 4.16. The molecule has 3 aliphatic rings. The molecule has 0 radical (unpaired) electrons. The molecule has 9 nitrogen and oxygen atoms in total. The van der Waals surface area contributed by atoms with E-state index in [2.05, 4.69) is 22.3 Å². The van der Waals surface area contributed by atoms with Gasteiger partial charge in [0.25, 0.3) is 5.91 Å². The van der Waals surface area contributed by atoms with Gasteiger partial charge in [-0.25, -0.2) is 8.42 Å². The lowest BCUT2D eigenvalue weighted by atomic mass is 10.1. The first-order valence-electron chi connectivity index (χ1n) is 11.1. The quantitative estimate of drug-likeness (QED) is 0.728. The van der Waals surface area contributed by atoms with Gasteiger partial charge < -0.3 is 19.9 Å². The molecule has 2 saturated heterocycles. The summed E-state index contributed by atoms with van der Waals surface area (Å²) in [5.74, 6) is -0.0433. The normalized spacial score (nSPS) is 21.3. The molecule has 33 heavy (non-hydrogen) atoms. The highest BCUT2D eigenvalue weighted by molar-refractivity contribution is 7.89. The number of rotatable bonds is 4. The fraction of sp³-hybridized carbons (Fsp3) is 0.391. The Labute approximate surface area is 193 Å². The first-order chi connectivity index (χ1) is 15.9. The van der Waals surface area contributed by atoms with Crippen molar-refractivity contribution in [2.75, 3.05) is 49.5 Å². The van der Waals surface area contributed by atoms with Gasteiger partial charge in [0.05, 0.1) is 10.6 Å². The van der Waals surface area contributed by atoms with Gasteiger partial charge in [-0.3, -0.25) is 9.59 Å². The van der Waals surface area contributed by atoms with Crippen molar-refractivity contribution < 1.29 is 22.7 Å². The number of nitrogens with zero attached hydrogens (tertiary/aromatic N) is 3. The number of carbonyl (C=O) groups is 2. The topological polar surface area (TPSA) is 99.3 Å². The number of amides is 2. The molecule has 0 aromatic heterocycles. The maximum atomic E-state index is 13.4. The van der Waals surface area contributed by atoms with Gasteiger partial charge in [-0.2, -0.15) is 4.31 Å². The van der Waals surface area contributed by atoms with Crippen LogP contribution in [-0.4, -0.2) is 74.8 Å². The Bertz CT molecular complexity index is 1160. The van der Waals surface area contributed by atoms with E-state index in [1.165, 1.54) is 22.5 Å². The first-order valence-corrected chi connectivity index (χ1v) is 12.5. The van der Waals surface area contributed by atoms with E-state index >= 15 is 0 Å². The van der Waals surface area contributed by atoms with Crippen LogP contribution < -0.4 is 15.0 Å². The minimum atomic E-state index is -3.91. The first kappa shape index (κ1) is 21.7. The number of sulfonamides is 1. The molecule has 1 atom stereocenters. The van der Waals surface area contributed by atoms with E-state index in [0.717, 1.165) is 5.69 Å². The standard InChI is InChI=1S/C23H26N4O5S/c28-22-16-32-21-9-8-18(15-19(21)24-22)33(30,31)27-10-4-7-20(27)23(29)26-13-11-25(12-14-26)17-5-2-1-3-6-17/h1-3,5-6,8-9,15,20H,4,7,10-14,16H2,(H,24,28)/t20-/m0/s1. The van der Waals surface area contributed by atoms with E-state index < -0.39 is 16.1 Å². The minimum absolute atomic E-state index is 0.0423. The highest BCUT2D eigenvalue weighted by atomic mass is 32.2. The summed E-state index contributed by atoms with van der Waals surface area (Å²) in [6.07, 6.45) is 1.13. The number of benzene rings is 2. The summed E-state index contributed by atoms with van der Waals surface area (Å²) in [5, 5.41) is 2.64. The molecule has 0 aliphatic carbocycles. The molecular formula is C23H26N4O5S. The lowest BCUT2D eigenvalue weighted by Crippen LogP contribution is -2.54. The van der Waals surface area contributed by atoms with Crippen LogP contribution in [0.3, 0.4) is 0 Å². The maximum absolute atomic E-state index is 13.4. The Balaban J connectivity index is 1.30. The zero-order valence-electron chi connectivity index (χ0n) is 18.1. The SMILES string of the molecule is O=C1COc2ccc(S(=O)(=O)N3CCC[C@H]3C(=O)N3CCN(c4ccccc4)CC3)cc2N1. The molecule has 0 unspecified atom stereocenters. The molecule has 174 valence electrons. The molecule has 2 aromatic carbocycles. The smallest absolute Gasteiger partial charge is 0.262 e. The van der Waals surface area contributed by atoms with Crippen LogP contribution in [0, 0.1) is 0 Å². The van der Waals surface area contributed by atoms with Crippen molar-refractivity contribution in [1.82, 2.24) is 9.21 Å². The third-order valence-corrected chi connectivity index (χ3v) is 8.30. The zero-order valence-corrected chi connectivity index (χ0v) is 19.0. The summed E-state index contributed by atoms with van der Waals surface area (Å²) in [4.78, 5) is 29.0. The van der Waals surface area contributed by atoms with Gasteiger partial charge in [-0.15, -0.1) is 0 Å². The second kappa shape index (κ2) is 8.68. The molecule has 0 bridgehead atoms. The fourth-order valence-corrected chi connectivity index (χ4v) is 6.34. The Kier molecular flexibility index (Phi) is 5.71. The average Bonchev–Trinajstić information content (AvgIpc) is 3.35. The van der Waals surface area contributed by atoms with Crippen LogP contribution in [0.15, 0.2) is 53.4 Å². The van der Waals surface area contributed by atoms with Crippen molar-refractivity contribution in [3.63, 3.8) is 0 Å². The number of hydrogen-bond acceptors (Lipinski definition) is 6. The van der Waals surface area contributed by atoms with Gasteiger partial charge in [0, 0.05) is 38.4 Å². The van der Waals surface area contributed by atoms with Crippen molar-refractivity contribution in [2.24, 2.45) is 0 Å². The van der Waals surface area contributed by atoms with Crippen molar-refractivity contribution >= 4 is 33.2 Å². The number of fused-ring (bicyclic) bond motifs is 1. The summed E-state index contributed by atoms with van der Waals surface area (Å²) in [6.45, 7) is 2.72. The van der Waals surface area contributed by atoms with Crippen LogP contribution in [0.4, 0.5) is 11.4 Å². The summed E-state index contributed by atoms with van der Waals surface area (Å²) >= 11 is 0. The van der Waals surface area contributed by atoms with Gasteiger partial charge >= 0.3 is 0 Å². The number of anilines is 2. The number of para-hydroxylation sites is 1. The number of carbonyl (C=O) groups excluding carboxylic acids is 2. The molecule has 3 heterocycles. The van der Waals surface area contributed by atoms with Crippen molar-refractivity contribution in [2.45, 2.75) is 23.8 Å². The number of hydrogen-bond donors (Lipinski definition) is 1. The summed E-state index contributed by atoms with van der Waals surface area (Å²) in [5.41, 5.74) is 1.45. The highest BCUT2D eigenvalue weighted by Crippen LogP contribution is 2.34. The molecule has 5 rings (SSSR count). The number of ether oxygens (including phenoxy) is 1. The highest BCUT2D eigenvalue weighted by Gasteiger charge is 2.42. The maximum Gasteiger partial charge on any atom is 0.262 e. The fourth-order valence-electron chi connectivity index (χ4n) is 4.67. The Morgan fingerprint density at radius 2 is 1.76 bits per heavy atom. The lowest BCUT2D eigenvalue weighted by molar-refractivity contribution is -0.134. The zero-order chi connectivity index (χ0) is 23.0. The van der Waals surface area contributed by atoms with Gasteiger partial charge in [-0.1, -0.05) is 18.2 Å². The van der Waals surface area contributed by atoms with Gasteiger partial charge in [0.1, 0.15) is 11.8 Å². The predicted molar refractivity (Wildman–Crippen MR) is 123 cm³/mol. The minimum Gasteiger partial charge on any atom is -0.482 e. The molecule has 2 amide bonds. The van der Waals surface area contributed by atoms with Crippen LogP contribution in [0.5, 0.6) is 5.75 Å². The second-order valence-electron chi connectivity index (χ2n) is 8.42. The summed E-state index contributed by atoms with van der Waals surface area (Å²) in [7, 11) is -3.91. The van der Waals surface area contributed by atoms with E-state index in [1.807, 2.05) is 18.2 Å². The second-order valence-corrected chi connectivity index (χ2v) is 10.3. The molecule has 0 saturated carbocycles. The van der Waals surface area contributed by atoms with Crippen molar-refractivity contribution in [3.8, 4) is 5.75 Å². The van der Waals surface area contributed by atoms with E-state index in [4.69, 9.17) is 4.74 Å². The molecule has 2 fully saturated rings. The van der Waals surface area contributed by atoms with Gasteiger partial charge in [0.2, 0.25) is 15.9 Å². The van der Waals surface area contributed by atoms with E-state index in [9.17, 15) is 18.0 Å². The van der Waals surface area contributed by atoms with Crippen molar-refractivity contribution in [1.29, 1.82) is 0 Å². The summed E-state index contributed by atoms with van der Waals surface area (Å²) in [6, 6.07) is 13.8. The van der Waals surface area contributed by atoms with E-state index in [1.54, 1.807) is 4.90 Å². The van der Waals surface area contributed by atoms with Crippen molar-refractivity contribution in [3.05, 3.63) is 48.5 Å². The van der Waals surface area contributed by atoms with E-state index in [-0.39, 0.29) is 23.3 Å². The molecule has 2 aromatic rings. The van der Waals surface area contributed by atoms with Crippen LogP contribution >= 0.6 is 0 Å².